The van der Waals surface area contributed by atoms with Gasteiger partial charge in [-0.25, -0.2) is 9.97 Å². The number of H-pyrrole nitrogens is 1. The third-order valence-electron chi connectivity index (χ3n) is 5.49. The average molecular weight is 412 g/mol. The molecule has 5 heterocycles. The molecule has 146 valence electrons. The van der Waals surface area contributed by atoms with Gasteiger partial charge in [-0.2, -0.15) is 0 Å². The molecule has 0 aliphatic carbocycles. The predicted molar refractivity (Wildman–Crippen MR) is 115 cm³/mol. The second-order valence-electron chi connectivity index (χ2n) is 7.24. The summed E-state index contributed by atoms with van der Waals surface area (Å²) in [5.74, 6) is 0.620. The maximum atomic E-state index is 11.4. The highest BCUT2D eigenvalue weighted by atomic mass is 32.1. The van der Waals surface area contributed by atoms with Crippen LogP contribution in [0.25, 0.3) is 32.9 Å². The van der Waals surface area contributed by atoms with Gasteiger partial charge in [0.2, 0.25) is 0 Å². The number of hydrogen-bond acceptors (Lipinski definition) is 6. The number of pyridine rings is 2. The maximum absolute atomic E-state index is 11.4. The largest absolute Gasteiger partial charge is 0.488 e. The van der Waals surface area contributed by atoms with Gasteiger partial charge in [-0.3, -0.25) is 4.98 Å². The summed E-state index contributed by atoms with van der Waals surface area (Å²) in [6, 6.07) is 13.6. The van der Waals surface area contributed by atoms with Gasteiger partial charge >= 0.3 is 0 Å². The topological polar surface area (TPSA) is 83.9 Å². The summed E-state index contributed by atoms with van der Waals surface area (Å²) in [6.07, 6.45) is 7.03. The van der Waals surface area contributed by atoms with Crippen molar-refractivity contribution in [2.45, 2.75) is 5.60 Å². The van der Waals surface area contributed by atoms with E-state index >= 15 is 0 Å². The van der Waals surface area contributed by atoms with E-state index in [-0.39, 0.29) is 6.61 Å². The zero-order chi connectivity index (χ0) is 20.1. The van der Waals surface area contributed by atoms with Gasteiger partial charge in [-0.1, -0.05) is 18.2 Å². The first kappa shape index (κ1) is 17.3. The van der Waals surface area contributed by atoms with Crippen LogP contribution in [0.3, 0.4) is 0 Å². The van der Waals surface area contributed by atoms with E-state index in [0.717, 1.165) is 44.0 Å². The van der Waals surface area contributed by atoms with E-state index in [2.05, 4.69) is 15.0 Å². The number of nitrogens with one attached hydrogen (secondary N) is 1. The van der Waals surface area contributed by atoms with Crippen molar-refractivity contribution in [3.8, 4) is 27.6 Å². The van der Waals surface area contributed by atoms with E-state index in [0.29, 0.717) is 5.75 Å². The van der Waals surface area contributed by atoms with E-state index < -0.39 is 5.60 Å². The molecule has 1 aliphatic heterocycles. The number of benzene rings is 1. The first-order chi connectivity index (χ1) is 14.7. The number of hydrogen-bond donors (Lipinski definition) is 2. The molecule has 30 heavy (non-hydrogen) atoms. The maximum Gasteiger partial charge on any atom is 0.152 e. The molecule has 0 saturated heterocycles. The van der Waals surface area contributed by atoms with E-state index in [1.54, 1.807) is 36.0 Å². The van der Waals surface area contributed by atoms with Crippen LogP contribution in [-0.4, -0.2) is 31.6 Å². The molecule has 0 fully saturated rings. The summed E-state index contributed by atoms with van der Waals surface area (Å²) in [5.41, 5.74) is 4.01. The van der Waals surface area contributed by atoms with Gasteiger partial charge in [0.15, 0.2) is 5.60 Å². The SMILES string of the molecule is O[C@@]1(c2cccc(-c3csc(-c4c[nH]c5ncccc45)n3)c2)COc2cnccc21. The van der Waals surface area contributed by atoms with Crippen LogP contribution >= 0.6 is 11.3 Å². The van der Waals surface area contributed by atoms with Gasteiger partial charge in [0.25, 0.3) is 0 Å². The smallest absolute Gasteiger partial charge is 0.152 e. The minimum absolute atomic E-state index is 0.169. The van der Waals surface area contributed by atoms with Crippen LogP contribution in [0.4, 0.5) is 0 Å². The fraction of sp³-hybridized carbons (Fsp3) is 0.0870. The Morgan fingerprint density at radius 3 is 3.07 bits per heavy atom. The van der Waals surface area contributed by atoms with Crippen molar-refractivity contribution in [3.05, 3.63) is 83.8 Å². The van der Waals surface area contributed by atoms with Gasteiger partial charge in [0, 0.05) is 46.0 Å². The highest BCUT2D eigenvalue weighted by Gasteiger charge is 2.40. The Balaban J connectivity index is 1.40. The van der Waals surface area contributed by atoms with Crippen molar-refractivity contribution in [1.82, 2.24) is 19.9 Å². The molecule has 7 heteroatoms. The number of ether oxygens (including phenoxy) is 1. The fourth-order valence-corrected chi connectivity index (χ4v) is 4.79. The van der Waals surface area contributed by atoms with E-state index in [4.69, 9.17) is 9.72 Å². The molecule has 1 atom stereocenters. The molecule has 5 aromatic rings. The lowest BCUT2D eigenvalue weighted by molar-refractivity contribution is 0.0560. The van der Waals surface area contributed by atoms with Crippen LogP contribution in [0.1, 0.15) is 11.1 Å². The van der Waals surface area contributed by atoms with E-state index in [1.165, 1.54) is 0 Å². The fourth-order valence-electron chi connectivity index (χ4n) is 3.93. The Hall–Kier alpha value is -3.55. The molecular weight excluding hydrogens is 396 g/mol. The number of thiazole rings is 1. The standard InChI is InChI=1S/C23H16N4O2S/c28-23(13-29-20-11-24-8-6-18(20)23)15-4-1-3-14(9-15)19-12-30-22(27-19)17-10-26-21-16(17)5-2-7-25-21/h1-12,28H,13H2,(H,25,26)/t23-/m1/s1. The summed E-state index contributed by atoms with van der Waals surface area (Å²) in [5, 5.41) is 15.4. The molecule has 1 aliphatic rings. The van der Waals surface area contributed by atoms with Crippen LogP contribution in [0.5, 0.6) is 5.75 Å². The van der Waals surface area contributed by atoms with Crippen molar-refractivity contribution in [2.75, 3.05) is 6.61 Å². The van der Waals surface area contributed by atoms with Gasteiger partial charge in [0.05, 0.1) is 11.9 Å². The molecule has 6 rings (SSSR count). The van der Waals surface area contributed by atoms with Gasteiger partial charge in [0.1, 0.15) is 23.0 Å². The Bertz CT molecular complexity index is 1390. The Morgan fingerprint density at radius 1 is 1.13 bits per heavy atom. The molecular formula is C23H16N4O2S. The van der Waals surface area contributed by atoms with Crippen LogP contribution in [0.15, 0.2) is 72.6 Å². The third kappa shape index (κ3) is 2.56. The van der Waals surface area contributed by atoms with Crippen LogP contribution in [0, 0.1) is 0 Å². The van der Waals surface area contributed by atoms with Gasteiger partial charge < -0.3 is 14.8 Å². The Labute approximate surface area is 175 Å². The van der Waals surface area contributed by atoms with Crippen molar-refractivity contribution >= 4 is 22.4 Å². The minimum atomic E-state index is -1.20. The second-order valence-corrected chi connectivity index (χ2v) is 8.10. The monoisotopic (exact) mass is 412 g/mol. The summed E-state index contributed by atoms with van der Waals surface area (Å²) in [6.45, 7) is 0.169. The molecule has 6 nitrogen and oxygen atoms in total. The number of aliphatic hydroxyl groups is 1. The van der Waals surface area contributed by atoms with Crippen LogP contribution in [0.2, 0.25) is 0 Å². The predicted octanol–water partition coefficient (Wildman–Crippen LogP) is 4.38. The highest BCUT2D eigenvalue weighted by Crippen LogP contribution is 2.42. The number of rotatable bonds is 3. The van der Waals surface area contributed by atoms with Crippen molar-refractivity contribution in [2.24, 2.45) is 0 Å². The molecule has 0 amide bonds. The van der Waals surface area contributed by atoms with E-state index in [1.807, 2.05) is 48.0 Å². The molecule has 2 N–H and O–H groups in total. The quantitative estimate of drug-likeness (QED) is 0.460. The third-order valence-corrected chi connectivity index (χ3v) is 6.36. The lowest BCUT2D eigenvalue weighted by Crippen LogP contribution is -2.28. The lowest BCUT2D eigenvalue weighted by Gasteiger charge is -2.22. The molecule has 0 radical (unpaired) electrons. The summed E-state index contributed by atoms with van der Waals surface area (Å²) < 4.78 is 5.67. The first-order valence-corrected chi connectivity index (χ1v) is 10.4. The average Bonchev–Trinajstić information content (AvgIpc) is 3.52. The number of fused-ring (bicyclic) bond motifs is 2. The molecule has 1 aromatic carbocycles. The minimum Gasteiger partial charge on any atom is -0.488 e. The number of aromatic amines is 1. The summed E-state index contributed by atoms with van der Waals surface area (Å²) >= 11 is 1.59. The Morgan fingerprint density at radius 2 is 2.10 bits per heavy atom. The van der Waals surface area contributed by atoms with Gasteiger partial charge in [-0.15, -0.1) is 11.3 Å². The molecule has 4 aromatic heterocycles. The first-order valence-electron chi connectivity index (χ1n) is 9.51. The van der Waals surface area contributed by atoms with E-state index in [9.17, 15) is 5.11 Å². The number of aromatic nitrogens is 4. The number of nitrogens with zero attached hydrogens (tertiary/aromatic N) is 3. The zero-order valence-electron chi connectivity index (χ0n) is 15.7. The van der Waals surface area contributed by atoms with Crippen LogP contribution in [-0.2, 0) is 5.60 Å². The normalized spacial score (nSPS) is 17.8. The second kappa shape index (κ2) is 6.48. The summed E-state index contributed by atoms with van der Waals surface area (Å²) in [7, 11) is 0. The van der Waals surface area contributed by atoms with Crippen molar-refractivity contribution < 1.29 is 9.84 Å². The lowest BCUT2D eigenvalue weighted by atomic mass is 9.87. The zero-order valence-corrected chi connectivity index (χ0v) is 16.6. The molecule has 0 bridgehead atoms. The van der Waals surface area contributed by atoms with Gasteiger partial charge in [-0.05, 0) is 29.8 Å². The van der Waals surface area contributed by atoms with Crippen molar-refractivity contribution in [3.63, 3.8) is 0 Å². The van der Waals surface area contributed by atoms with Crippen LogP contribution < -0.4 is 4.74 Å². The Kier molecular flexibility index (Phi) is 3.74. The summed E-state index contributed by atoms with van der Waals surface area (Å²) in [4.78, 5) is 16.5. The molecule has 0 unspecified atom stereocenters. The highest BCUT2D eigenvalue weighted by molar-refractivity contribution is 7.13. The molecule has 0 spiro atoms. The molecule has 0 saturated carbocycles. The van der Waals surface area contributed by atoms with Crippen molar-refractivity contribution in [1.29, 1.82) is 0 Å².